The van der Waals surface area contributed by atoms with E-state index in [9.17, 15) is 30.8 Å². The van der Waals surface area contributed by atoms with Gasteiger partial charge >= 0.3 is 5.51 Å². The van der Waals surface area contributed by atoms with E-state index in [2.05, 4.69) is 21.3 Å². The minimum atomic E-state index is -5.64. The zero-order valence-corrected chi connectivity index (χ0v) is 21.4. The average molecular weight is 596 g/mol. The van der Waals surface area contributed by atoms with Gasteiger partial charge in [0.2, 0.25) is 3.79 Å². The van der Waals surface area contributed by atoms with Crippen molar-refractivity contribution in [1.29, 1.82) is 0 Å². The number of rotatable bonds is 7. The topological polar surface area (TPSA) is 99.3 Å². The van der Waals surface area contributed by atoms with Gasteiger partial charge in [-0.15, -0.1) is 0 Å². The average Bonchev–Trinajstić information content (AvgIpc) is 2.73. The zero-order chi connectivity index (χ0) is 26.6. The molecule has 2 aromatic rings. The Balaban J connectivity index is 2.29. The van der Waals surface area contributed by atoms with Gasteiger partial charge in [-0.25, -0.2) is 12.8 Å². The van der Waals surface area contributed by atoms with Crippen LogP contribution < -0.4 is 21.3 Å². The highest BCUT2D eigenvalue weighted by atomic mass is 35.6. The van der Waals surface area contributed by atoms with Gasteiger partial charge in [-0.2, -0.15) is 13.2 Å². The molecule has 4 N–H and O–H groups in total. The van der Waals surface area contributed by atoms with E-state index in [0.29, 0.717) is 6.54 Å². The summed E-state index contributed by atoms with van der Waals surface area (Å²) in [6.07, 6.45) is -1.46. The van der Waals surface area contributed by atoms with Crippen molar-refractivity contribution in [3.05, 3.63) is 53.8 Å². The van der Waals surface area contributed by atoms with Crippen LogP contribution in [0.3, 0.4) is 0 Å². The summed E-state index contributed by atoms with van der Waals surface area (Å²) in [6.45, 7) is 2.04. The summed E-state index contributed by atoms with van der Waals surface area (Å²) in [4.78, 5) is 11.4. The monoisotopic (exact) mass is 594 g/mol. The van der Waals surface area contributed by atoms with Crippen molar-refractivity contribution in [2.24, 2.45) is 0 Å². The number of carbonyl (C=O) groups excluding carboxylic acids is 1. The van der Waals surface area contributed by atoms with E-state index in [4.69, 9.17) is 47.0 Å². The molecule has 0 saturated carbocycles. The van der Waals surface area contributed by atoms with E-state index in [1.165, 1.54) is 12.1 Å². The molecule has 1 atom stereocenters. The Morgan fingerprint density at radius 1 is 1.03 bits per heavy atom. The molecule has 1 unspecified atom stereocenters. The first-order valence-electron chi connectivity index (χ1n) is 9.46. The zero-order valence-electron chi connectivity index (χ0n) is 17.5. The van der Waals surface area contributed by atoms with Crippen LogP contribution in [0, 0.1) is 5.82 Å². The van der Waals surface area contributed by atoms with Gasteiger partial charge in [0.15, 0.2) is 5.11 Å². The number of nitrogens with one attached hydrogen (secondary N) is 4. The van der Waals surface area contributed by atoms with Crippen LogP contribution in [-0.2, 0) is 9.84 Å². The van der Waals surface area contributed by atoms with Crippen molar-refractivity contribution in [2.75, 3.05) is 17.2 Å². The summed E-state index contributed by atoms with van der Waals surface area (Å²) >= 11 is 22.8. The molecule has 0 aliphatic heterocycles. The number of sulfone groups is 1. The first kappa shape index (κ1) is 29.2. The Morgan fingerprint density at radius 2 is 1.63 bits per heavy atom. The van der Waals surface area contributed by atoms with Gasteiger partial charge in [0.05, 0.1) is 16.3 Å². The third-order valence-electron chi connectivity index (χ3n) is 4.21. The fraction of sp³-hybridized carbons (Fsp3) is 0.263. The van der Waals surface area contributed by atoms with E-state index in [1.807, 2.05) is 0 Å². The van der Waals surface area contributed by atoms with Crippen LogP contribution >= 0.6 is 47.0 Å². The second kappa shape index (κ2) is 11.3. The molecule has 0 aromatic heterocycles. The summed E-state index contributed by atoms with van der Waals surface area (Å²) in [6, 6.07) is 7.10. The Bertz CT molecular complexity index is 1190. The van der Waals surface area contributed by atoms with E-state index in [0.717, 1.165) is 30.3 Å². The number of alkyl halides is 6. The quantitative estimate of drug-likeness (QED) is 0.155. The Hall–Kier alpha value is -2.06. The highest BCUT2D eigenvalue weighted by molar-refractivity contribution is 7.92. The number of hydrogen-bond acceptors (Lipinski definition) is 5. The molecule has 35 heavy (non-hydrogen) atoms. The van der Waals surface area contributed by atoms with Crippen molar-refractivity contribution in [2.45, 2.75) is 27.3 Å². The largest absolute Gasteiger partial charge is 0.501 e. The summed E-state index contributed by atoms with van der Waals surface area (Å²) in [5.74, 6) is -1.34. The minimum Gasteiger partial charge on any atom is -0.384 e. The van der Waals surface area contributed by atoms with Gasteiger partial charge < -0.3 is 21.3 Å². The number of amides is 1. The lowest BCUT2D eigenvalue weighted by molar-refractivity contribution is -0.0436. The minimum absolute atomic E-state index is 0.0332. The molecule has 0 aliphatic carbocycles. The van der Waals surface area contributed by atoms with Gasteiger partial charge in [-0.05, 0) is 61.6 Å². The Labute approximate surface area is 218 Å². The van der Waals surface area contributed by atoms with Crippen LogP contribution in [0.2, 0.25) is 0 Å². The number of thiocarbonyl (C=S) groups is 1. The molecular formula is C19H17Cl3F4N4O3S2. The van der Waals surface area contributed by atoms with Crippen LogP contribution in [-0.4, -0.2) is 41.4 Å². The van der Waals surface area contributed by atoms with Crippen molar-refractivity contribution >= 4 is 79.3 Å². The van der Waals surface area contributed by atoms with Crippen LogP contribution in [0.25, 0.3) is 0 Å². The Morgan fingerprint density at radius 3 is 2.14 bits per heavy atom. The van der Waals surface area contributed by atoms with E-state index in [-0.39, 0.29) is 22.1 Å². The molecule has 7 nitrogen and oxygen atoms in total. The molecule has 0 saturated heterocycles. The van der Waals surface area contributed by atoms with Gasteiger partial charge in [0.1, 0.15) is 12.0 Å². The van der Waals surface area contributed by atoms with Gasteiger partial charge in [0, 0.05) is 12.1 Å². The number of benzene rings is 2. The molecule has 2 rings (SSSR count). The molecule has 0 aliphatic rings. The maximum Gasteiger partial charge on any atom is 0.501 e. The molecule has 0 radical (unpaired) electrons. The third kappa shape index (κ3) is 7.71. The maximum absolute atomic E-state index is 13.1. The number of halogens is 7. The molecule has 0 heterocycles. The number of anilines is 2. The van der Waals surface area contributed by atoms with Crippen molar-refractivity contribution in [3.8, 4) is 0 Å². The van der Waals surface area contributed by atoms with Gasteiger partial charge in [0.25, 0.3) is 15.7 Å². The fourth-order valence-corrected chi connectivity index (χ4v) is 3.92. The third-order valence-corrected chi connectivity index (χ3v) is 6.56. The Kier molecular flexibility index (Phi) is 9.45. The van der Waals surface area contributed by atoms with Crippen molar-refractivity contribution in [3.63, 3.8) is 0 Å². The number of carbonyl (C=O) groups is 1. The lowest BCUT2D eigenvalue weighted by atomic mass is 10.2. The molecular weight excluding hydrogens is 579 g/mol. The molecule has 0 fully saturated rings. The lowest BCUT2D eigenvalue weighted by Crippen LogP contribution is -2.56. The predicted molar refractivity (Wildman–Crippen MR) is 131 cm³/mol. The lowest BCUT2D eigenvalue weighted by Gasteiger charge is -2.28. The summed E-state index contributed by atoms with van der Waals surface area (Å²) in [5, 5.41) is 9.88. The summed E-state index contributed by atoms with van der Waals surface area (Å²) in [5.41, 5.74) is -5.40. The maximum atomic E-state index is 13.1. The van der Waals surface area contributed by atoms with Gasteiger partial charge in [-0.3, -0.25) is 4.79 Å². The molecule has 1 amide bonds. The SMILES string of the molecule is CCNc1ccc(S(=O)(=O)C(F)(F)F)cc1NC(=S)NC(NC(=O)c1ccc(F)cc1)C(Cl)(Cl)Cl. The van der Waals surface area contributed by atoms with E-state index < -0.39 is 41.9 Å². The van der Waals surface area contributed by atoms with Gasteiger partial charge in [-0.1, -0.05) is 34.8 Å². The highest BCUT2D eigenvalue weighted by Crippen LogP contribution is 2.34. The molecule has 192 valence electrons. The van der Waals surface area contributed by atoms with Crippen molar-refractivity contribution in [1.82, 2.24) is 10.6 Å². The number of hydrogen-bond donors (Lipinski definition) is 4. The summed E-state index contributed by atoms with van der Waals surface area (Å²) in [7, 11) is -5.64. The normalized spacial score (nSPS) is 13.0. The predicted octanol–water partition coefficient (Wildman–Crippen LogP) is 4.96. The van der Waals surface area contributed by atoms with Crippen LogP contribution in [0.5, 0.6) is 0 Å². The highest BCUT2D eigenvalue weighted by Gasteiger charge is 2.47. The second-order valence-corrected chi connectivity index (χ2v) is 11.5. The van der Waals surface area contributed by atoms with E-state index in [1.54, 1.807) is 6.92 Å². The molecule has 2 aromatic carbocycles. The molecule has 16 heteroatoms. The summed E-state index contributed by atoms with van der Waals surface area (Å²) < 4.78 is 73.5. The first-order chi connectivity index (χ1) is 16.1. The smallest absolute Gasteiger partial charge is 0.384 e. The molecule has 0 spiro atoms. The fourth-order valence-electron chi connectivity index (χ4n) is 2.58. The van der Waals surface area contributed by atoms with E-state index >= 15 is 0 Å². The van der Waals surface area contributed by atoms with Crippen LogP contribution in [0.15, 0.2) is 47.4 Å². The standard InChI is InChI=1S/C19H17Cl3F4N4O3S2/c1-2-27-13-8-7-12(35(32,33)19(24,25)26)9-14(13)28-17(34)30-16(18(20,21)22)29-15(31)10-3-5-11(23)6-4-10/h3-9,16,27H,2H2,1H3,(H,29,31)(H2,28,30,34). The van der Waals surface area contributed by atoms with Crippen LogP contribution in [0.4, 0.5) is 28.9 Å². The second-order valence-electron chi connectivity index (χ2n) is 6.74. The molecule has 0 bridgehead atoms. The van der Waals surface area contributed by atoms with Crippen molar-refractivity contribution < 1.29 is 30.8 Å². The first-order valence-corrected chi connectivity index (χ1v) is 12.5. The van der Waals surface area contributed by atoms with Crippen LogP contribution in [0.1, 0.15) is 17.3 Å².